The smallest absolute Gasteiger partial charge is 0.0620 e. The van der Waals surface area contributed by atoms with Crippen molar-refractivity contribution in [1.29, 1.82) is 0 Å². The summed E-state index contributed by atoms with van der Waals surface area (Å²) in [4.78, 5) is 1.51. The minimum absolute atomic E-state index is 0.309. The van der Waals surface area contributed by atoms with E-state index in [4.69, 9.17) is 0 Å². The standard InChI is InChI=1S/C20H19S/c1-21(20-13-17-8-4-5-9-18(17)14-20)19-11-10-15-6-2-3-7-16(15)12-19/h2-12,20H,13-14H2,1H3/q+1. The third-order valence-electron chi connectivity index (χ3n) is 4.61. The lowest BCUT2D eigenvalue weighted by atomic mass is 10.1. The molecule has 0 fully saturated rings. The van der Waals surface area contributed by atoms with Gasteiger partial charge < -0.3 is 0 Å². The predicted molar refractivity (Wildman–Crippen MR) is 93.1 cm³/mol. The van der Waals surface area contributed by atoms with Gasteiger partial charge in [0.05, 0.1) is 0 Å². The molecule has 0 amide bonds. The Morgan fingerprint density at radius 3 is 2.10 bits per heavy atom. The van der Waals surface area contributed by atoms with Gasteiger partial charge in [-0.3, -0.25) is 0 Å². The van der Waals surface area contributed by atoms with E-state index >= 15 is 0 Å². The first-order chi connectivity index (χ1) is 10.3. The van der Waals surface area contributed by atoms with Gasteiger partial charge in [0.25, 0.3) is 0 Å². The van der Waals surface area contributed by atoms with Crippen molar-refractivity contribution in [2.45, 2.75) is 23.0 Å². The summed E-state index contributed by atoms with van der Waals surface area (Å²) in [7, 11) is 0.309. The van der Waals surface area contributed by atoms with E-state index in [1.807, 2.05) is 0 Å². The van der Waals surface area contributed by atoms with E-state index in [1.165, 1.54) is 28.5 Å². The minimum Gasteiger partial charge on any atom is -0.0620 e. The van der Waals surface area contributed by atoms with Crippen LogP contribution in [0.1, 0.15) is 11.1 Å². The van der Waals surface area contributed by atoms with Gasteiger partial charge in [0.2, 0.25) is 0 Å². The van der Waals surface area contributed by atoms with Crippen LogP contribution in [0.15, 0.2) is 71.6 Å². The van der Waals surface area contributed by atoms with Gasteiger partial charge in [-0.25, -0.2) is 0 Å². The van der Waals surface area contributed by atoms with Crippen molar-refractivity contribution in [2.75, 3.05) is 6.26 Å². The molecule has 0 saturated heterocycles. The predicted octanol–water partition coefficient (Wildman–Crippen LogP) is 4.61. The van der Waals surface area contributed by atoms with Crippen LogP contribution in [0.5, 0.6) is 0 Å². The maximum absolute atomic E-state index is 2.42. The number of rotatable bonds is 2. The summed E-state index contributed by atoms with van der Waals surface area (Å²) in [6.45, 7) is 0. The molecule has 0 N–H and O–H groups in total. The zero-order valence-corrected chi connectivity index (χ0v) is 13.1. The summed E-state index contributed by atoms with van der Waals surface area (Å²) < 4.78 is 0. The Morgan fingerprint density at radius 2 is 1.38 bits per heavy atom. The molecule has 0 aliphatic heterocycles. The summed E-state index contributed by atoms with van der Waals surface area (Å²) in [5.41, 5.74) is 3.12. The Labute approximate surface area is 129 Å². The SMILES string of the molecule is C[S+](c1ccc2ccccc2c1)C1Cc2ccccc2C1. The van der Waals surface area contributed by atoms with Gasteiger partial charge in [-0.05, 0) is 34.0 Å². The molecule has 4 rings (SSSR count). The average Bonchev–Trinajstić information content (AvgIpc) is 2.97. The van der Waals surface area contributed by atoms with Crippen LogP contribution in [0, 0.1) is 0 Å². The Morgan fingerprint density at radius 1 is 0.762 bits per heavy atom. The topological polar surface area (TPSA) is 0 Å². The van der Waals surface area contributed by atoms with Crippen LogP contribution in [0.25, 0.3) is 10.8 Å². The van der Waals surface area contributed by atoms with Crippen molar-refractivity contribution >= 4 is 21.7 Å². The Bertz CT molecular complexity index is 765. The number of benzene rings is 3. The van der Waals surface area contributed by atoms with Crippen molar-refractivity contribution in [3.63, 3.8) is 0 Å². The summed E-state index contributed by atoms with van der Waals surface area (Å²) in [6, 6.07) is 24.6. The molecule has 1 aliphatic rings. The highest BCUT2D eigenvalue weighted by atomic mass is 32.2. The van der Waals surface area contributed by atoms with E-state index in [1.54, 1.807) is 11.1 Å². The molecule has 1 aliphatic carbocycles. The van der Waals surface area contributed by atoms with Crippen LogP contribution in [0.2, 0.25) is 0 Å². The first-order valence-electron chi connectivity index (χ1n) is 7.51. The lowest BCUT2D eigenvalue weighted by Crippen LogP contribution is -2.20. The minimum atomic E-state index is 0.309. The molecule has 1 heteroatoms. The van der Waals surface area contributed by atoms with E-state index in [2.05, 4.69) is 73.0 Å². The Balaban J connectivity index is 1.64. The fraction of sp³-hybridized carbons (Fsp3) is 0.200. The molecule has 1 unspecified atom stereocenters. The van der Waals surface area contributed by atoms with Gasteiger partial charge in [0.15, 0.2) is 4.90 Å². The van der Waals surface area contributed by atoms with Crippen LogP contribution in [-0.2, 0) is 23.7 Å². The number of hydrogen-bond donors (Lipinski definition) is 0. The summed E-state index contributed by atoms with van der Waals surface area (Å²) in [6.07, 6.45) is 4.89. The zero-order valence-electron chi connectivity index (χ0n) is 12.3. The lowest BCUT2D eigenvalue weighted by molar-refractivity contribution is 0.923. The molecule has 21 heavy (non-hydrogen) atoms. The summed E-state index contributed by atoms with van der Waals surface area (Å²) in [5.74, 6) is 0. The monoisotopic (exact) mass is 291 g/mol. The third kappa shape index (κ3) is 2.36. The molecule has 104 valence electrons. The third-order valence-corrected chi connectivity index (χ3v) is 6.94. The molecule has 0 nitrogen and oxygen atoms in total. The van der Waals surface area contributed by atoms with E-state index in [0.29, 0.717) is 10.9 Å². The molecule has 0 heterocycles. The Hall–Kier alpha value is -1.73. The zero-order chi connectivity index (χ0) is 14.2. The van der Waals surface area contributed by atoms with E-state index < -0.39 is 0 Å². The van der Waals surface area contributed by atoms with Gasteiger partial charge in [-0.1, -0.05) is 48.5 Å². The Kier molecular flexibility index (Phi) is 3.23. The second-order valence-corrected chi connectivity index (χ2v) is 8.12. The largest absolute Gasteiger partial charge is 0.155 e. The van der Waals surface area contributed by atoms with Crippen LogP contribution < -0.4 is 0 Å². The fourth-order valence-corrected chi connectivity index (χ4v) is 5.17. The van der Waals surface area contributed by atoms with Gasteiger partial charge in [0.1, 0.15) is 11.5 Å². The van der Waals surface area contributed by atoms with Gasteiger partial charge in [-0.2, -0.15) is 0 Å². The second-order valence-electron chi connectivity index (χ2n) is 5.87. The van der Waals surface area contributed by atoms with Crippen LogP contribution in [0.4, 0.5) is 0 Å². The molecular weight excluding hydrogens is 272 g/mol. The first-order valence-corrected chi connectivity index (χ1v) is 9.21. The summed E-state index contributed by atoms with van der Waals surface area (Å²) in [5, 5.41) is 3.47. The van der Waals surface area contributed by atoms with Crippen molar-refractivity contribution in [3.8, 4) is 0 Å². The molecule has 3 aromatic carbocycles. The summed E-state index contributed by atoms with van der Waals surface area (Å²) >= 11 is 0. The van der Waals surface area contributed by atoms with Crippen molar-refractivity contribution in [3.05, 3.63) is 77.9 Å². The van der Waals surface area contributed by atoms with Gasteiger partial charge in [-0.15, -0.1) is 0 Å². The van der Waals surface area contributed by atoms with Crippen molar-refractivity contribution in [1.82, 2.24) is 0 Å². The first kappa shape index (κ1) is 13.0. The highest BCUT2D eigenvalue weighted by Gasteiger charge is 2.34. The highest BCUT2D eigenvalue weighted by molar-refractivity contribution is 7.96. The average molecular weight is 291 g/mol. The molecule has 0 radical (unpaired) electrons. The van der Waals surface area contributed by atoms with E-state index in [9.17, 15) is 0 Å². The van der Waals surface area contributed by atoms with E-state index in [0.717, 1.165) is 5.25 Å². The lowest BCUT2D eigenvalue weighted by Gasteiger charge is -2.10. The van der Waals surface area contributed by atoms with Crippen LogP contribution >= 0.6 is 0 Å². The van der Waals surface area contributed by atoms with Crippen molar-refractivity contribution < 1.29 is 0 Å². The quantitative estimate of drug-likeness (QED) is 0.605. The van der Waals surface area contributed by atoms with Crippen molar-refractivity contribution in [2.24, 2.45) is 0 Å². The molecule has 0 aromatic heterocycles. The number of hydrogen-bond acceptors (Lipinski definition) is 0. The maximum atomic E-state index is 2.42. The van der Waals surface area contributed by atoms with Crippen LogP contribution in [0.3, 0.4) is 0 Å². The molecule has 0 spiro atoms. The fourth-order valence-electron chi connectivity index (χ4n) is 3.33. The molecular formula is C20H19S+. The van der Waals surface area contributed by atoms with Gasteiger partial charge >= 0.3 is 0 Å². The highest BCUT2D eigenvalue weighted by Crippen LogP contribution is 2.31. The molecule has 1 atom stereocenters. The normalized spacial score (nSPS) is 16.0. The van der Waals surface area contributed by atoms with E-state index in [-0.39, 0.29) is 0 Å². The van der Waals surface area contributed by atoms with Crippen LogP contribution in [-0.4, -0.2) is 11.5 Å². The van der Waals surface area contributed by atoms with Gasteiger partial charge in [0, 0.05) is 29.8 Å². The molecule has 0 saturated carbocycles. The maximum Gasteiger partial charge on any atom is 0.155 e. The molecule has 0 bridgehead atoms. The second kappa shape index (κ2) is 5.23. The number of fused-ring (bicyclic) bond motifs is 2. The molecule has 3 aromatic rings.